The number of phenols is 1. The number of aromatic hydroxyl groups is 1. The summed E-state index contributed by atoms with van der Waals surface area (Å²) in [6.07, 6.45) is 1.41. The molecule has 0 saturated heterocycles. The van der Waals surface area contributed by atoms with E-state index in [-0.39, 0.29) is 22.9 Å². The van der Waals surface area contributed by atoms with Crippen molar-refractivity contribution in [2.45, 2.75) is 6.92 Å². The Hall–Kier alpha value is -1.74. The molecule has 0 unspecified atom stereocenters. The van der Waals surface area contributed by atoms with E-state index in [9.17, 15) is 9.90 Å². The van der Waals surface area contributed by atoms with Gasteiger partial charge in [-0.05, 0) is 36.8 Å². The van der Waals surface area contributed by atoms with Gasteiger partial charge in [0.05, 0.1) is 11.8 Å². The number of carbonyl (C=O) groups excluding carboxylic acids is 1. The maximum atomic E-state index is 12.0. The molecule has 0 fully saturated rings. The summed E-state index contributed by atoms with van der Waals surface area (Å²) in [5.41, 5.74) is 0.839. The summed E-state index contributed by atoms with van der Waals surface area (Å²) in [5, 5.41) is 10.1. The molecule has 0 amide bonds. The van der Waals surface area contributed by atoms with Crippen molar-refractivity contribution in [2.75, 3.05) is 0 Å². The number of carbonyl (C=O) groups is 1. The van der Waals surface area contributed by atoms with Gasteiger partial charge in [-0.25, -0.2) is 0 Å². The zero-order valence-electron chi connectivity index (χ0n) is 8.53. The first-order valence-corrected chi connectivity index (χ1v) is 5.04. The smallest absolute Gasteiger partial charge is 0.232 e. The summed E-state index contributed by atoms with van der Waals surface area (Å²) < 4.78 is 5.00. The van der Waals surface area contributed by atoms with Gasteiger partial charge in [0.2, 0.25) is 5.78 Å². The Morgan fingerprint density at radius 2 is 2.19 bits per heavy atom. The molecule has 0 aliphatic rings. The van der Waals surface area contributed by atoms with E-state index in [1.54, 1.807) is 25.1 Å². The van der Waals surface area contributed by atoms with Gasteiger partial charge in [-0.1, -0.05) is 11.6 Å². The van der Waals surface area contributed by atoms with Crippen molar-refractivity contribution in [2.24, 2.45) is 0 Å². The highest BCUT2D eigenvalue weighted by Gasteiger charge is 2.18. The van der Waals surface area contributed by atoms with Gasteiger partial charge in [-0.15, -0.1) is 0 Å². The van der Waals surface area contributed by atoms with Gasteiger partial charge in [0, 0.05) is 5.02 Å². The molecule has 82 valence electrons. The molecular weight excluding hydrogens is 228 g/mol. The Morgan fingerprint density at radius 3 is 2.75 bits per heavy atom. The zero-order valence-corrected chi connectivity index (χ0v) is 9.28. The van der Waals surface area contributed by atoms with Crippen molar-refractivity contribution in [3.8, 4) is 5.75 Å². The van der Waals surface area contributed by atoms with E-state index in [0.717, 1.165) is 0 Å². The molecule has 0 saturated carbocycles. The Kier molecular flexibility index (Phi) is 2.71. The fourth-order valence-electron chi connectivity index (χ4n) is 1.55. The van der Waals surface area contributed by atoms with Crippen LogP contribution < -0.4 is 0 Å². The number of benzene rings is 1. The number of furan rings is 1. The first-order valence-electron chi connectivity index (χ1n) is 4.67. The van der Waals surface area contributed by atoms with Crippen LogP contribution in [0.15, 0.2) is 34.9 Å². The van der Waals surface area contributed by atoms with Gasteiger partial charge in [0.25, 0.3) is 0 Å². The second-order valence-electron chi connectivity index (χ2n) is 3.42. The molecule has 4 heteroatoms. The molecule has 0 aliphatic heterocycles. The van der Waals surface area contributed by atoms with E-state index in [1.165, 1.54) is 12.3 Å². The lowest BCUT2D eigenvalue weighted by atomic mass is 10.0. The van der Waals surface area contributed by atoms with Gasteiger partial charge in [-0.2, -0.15) is 0 Å². The summed E-state index contributed by atoms with van der Waals surface area (Å²) >= 11 is 5.76. The molecule has 1 aromatic carbocycles. The molecular formula is C12H9ClO3. The van der Waals surface area contributed by atoms with Crippen LogP contribution in [0, 0.1) is 6.92 Å². The second kappa shape index (κ2) is 4.02. The molecule has 16 heavy (non-hydrogen) atoms. The van der Waals surface area contributed by atoms with Crippen molar-refractivity contribution >= 4 is 17.4 Å². The topological polar surface area (TPSA) is 50.4 Å². The number of aryl methyl sites for hydroxylation is 1. The first kappa shape index (κ1) is 10.8. The average molecular weight is 237 g/mol. The molecule has 1 aromatic heterocycles. The lowest BCUT2D eigenvalue weighted by molar-refractivity contribution is 0.101. The standard InChI is InChI=1S/C12H9ClO3/c1-7-5-8(13)6-9(14)11(7)12(15)10-3-2-4-16-10/h2-6,14H,1H3. The number of hydrogen-bond acceptors (Lipinski definition) is 3. The average Bonchev–Trinajstić information content (AvgIpc) is 2.67. The first-order chi connectivity index (χ1) is 7.59. The van der Waals surface area contributed by atoms with Crippen molar-refractivity contribution in [3.05, 3.63) is 52.4 Å². The van der Waals surface area contributed by atoms with Gasteiger partial charge < -0.3 is 9.52 Å². The van der Waals surface area contributed by atoms with E-state index in [1.807, 2.05) is 0 Å². The third-order valence-electron chi connectivity index (χ3n) is 2.25. The van der Waals surface area contributed by atoms with Crippen LogP contribution in [0.3, 0.4) is 0 Å². The van der Waals surface area contributed by atoms with Crippen LogP contribution in [0.1, 0.15) is 21.7 Å². The van der Waals surface area contributed by atoms with E-state index < -0.39 is 0 Å². The second-order valence-corrected chi connectivity index (χ2v) is 3.86. The Balaban J connectivity index is 2.53. The predicted octanol–water partition coefficient (Wildman–Crippen LogP) is 3.18. The van der Waals surface area contributed by atoms with Crippen molar-refractivity contribution < 1.29 is 14.3 Å². The van der Waals surface area contributed by atoms with Crippen LogP contribution in [0.4, 0.5) is 0 Å². The van der Waals surface area contributed by atoms with Crippen LogP contribution in [0.25, 0.3) is 0 Å². The largest absolute Gasteiger partial charge is 0.507 e. The van der Waals surface area contributed by atoms with Crippen molar-refractivity contribution in [1.82, 2.24) is 0 Å². The molecule has 0 atom stereocenters. The van der Waals surface area contributed by atoms with Crippen LogP contribution in [-0.4, -0.2) is 10.9 Å². The molecule has 3 nitrogen and oxygen atoms in total. The predicted molar refractivity (Wildman–Crippen MR) is 60.0 cm³/mol. The SMILES string of the molecule is Cc1cc(Cl)cc(O)c1C(=O)c1ccco1. The summed E-state index contributed by atoms with van der Waals surface area (Å²) in [6, 6.07) is 6.13. The molecule has 1 heterocycles. The van der Waals surface area contributed by atoms with Gasteiger partial charge in [0.1, 0.15) is 5.75 Å². The Morgan fingerprint density at radius 1 is 1.44 bits per heavy atom. The fraction of sp³-hybridized carbons (Fsp3) is 0.0833. The van der Waals surface area contributed by atoms with Gasteiger partial charge >= 0.3 is 0 Å². The molecule has 1 N–H and O–H groups in total. The molecule has 2 rings (SSSR count). The lowest BCUT2D eigenvalue weighted by Crippen LogP contribution is -2.02. The highest BCUT2D eigenvalue weighted by Crippen LogP contribution is 2.28. The molecule has 0 radical (unpaired) electrons. The Labute approximate surface area is 97.3 Å². The molecule has 0 aliphatic carbocycles. The van der Waals surface area contributed by atoms with Crippen molar-refractivity contribution in [1.29, 1.82) is 0 Å². The lowest BCUT2D eigenvalue weighted by Gasteiger charge is -2.06. The number of phenolic OH excluding ortho intramolecular Hbond substituents is 1. The normalized spacial score (nSPS) is 10.4. The Bertz CT molecular complexity index is 506. The molecule has 2 aromatic rings. The molecule has 0 bridgehead atoms. The fourth-order valence-corrected chi connectivity index (χ4v) is 1.82. The summed E-state index contributed by atoms with van der Waals surface area (Å²) in [4.78, 5) is 12.0. The summed E-state index contributed by atoms with van der Waals surface area (Å²) in [5.74, 6) is -0.288. The highest BCUT2D eigenvalue weighted by molar-refractivity contribution is 6.31. The van der Waals surface area contributed by atoms with Gasteiger partial charge in [0.15, 0.2) is 5.76 Å². The minimum absolute atomic E-state index is 0.133. The summed E-state index contributed by atoms with van der Waals surface area (Å²) in [7, 11) is 0. The number of hydrogen-bond donors (Lipinski definition) is 1. The highest BCUT2D eigenvalue weighted by atomic mass is 35.5. The third-order valence-corrected chi connectivity index (χ3v) is 2.47. The minimum atomic E-state index is -0.350. The number of halogens is 1. The molecule has 0 spiro atoms. The van der Waals surface area contributed by atoms with Crippen LogP contribution in [-0.2, 0) is 0 Å². The van der Waals surface area contributed by atoms with E-state index in [2.05, 4.69) is 0 Å². The monoisotopic (exact) mass is 236 g/mol. The van der Waals surface area contributed by atoms with Gasteiger partial charge in [-0.3, -0.25) is 4.79 Å². The summed E-state index contributed by atoms with van der Waals surface area (Å²) in [6.45, 7) is 1.71. The third kappa shape index (κ3) is 1.82. The maximum absolute atomic E-state index is 12.0. The maximum Gasteiger partial charge on any atom is 0.232 e. The zero-order chi connectivity index (χ0) is 11.7. The number of ketones is 1. The van der Waals surface area contributed by atoms with E-state index in [4.69, 9.17) is 16.0 Å². The number of rotatable bonds is 2. The van der Waals surface area contributed by atoms with E-state index >= 15 is 0 Å². The van der Waals surface area contributed by atoms with Crippen molar-refractivity contribution in [3.63, 3.8) is 0 Å². The van der Waals surface area contributed by atoms with Crippen LogP contribution in [0.5, 0.6) is 5.75 Å². The van der Waals surface area contributed by atoms with Crippen LogP contribution in [0.2, 0.25) is 5.02 Å². The minimum Gasteiger partial charge on any atom is -0.507 e. The quantitative estimate of drug-likeness (QED) is 0.815. The van der Waals surface area contributed by atoms with E-state index in [0.29, 0.717) is 10.6 Å². The van der Waals surface area contributed by atoms with Crippen LogP contribution >= 0.6 is 11.6 Å².